The highest BCUT2D eigenvalue weighted by molar-refractivity contribution is 5.29. The molecule has 1 aromatic carbocycles. The van der Waals surface area contributed by atoms with Crippen molar-refractivity contribution in [3.63, 3.8) is 0 Å². The van der Waals surface area contributed by atoms with Crippen LogP contribution in [0.15, 0.2) is 24.3 Å². The minimum Gasteiger partial charge on any atom is -0.387 e. The van der Waals surface area contributed by atoms with E-state index in [1.807, 2.05) is 19.1 Å². The Morgan fingerprint density at radius 1 is 1.31 bits per heavy atom. The lowest BCUT2D eigenvalue weighted by Crippen LogP contribution is -2.24. The van der Waals surface area contributed by atoms with Gasteiger partial charge in [-0.05, 0) is 36.8 Å². The van der Waals surface area contributed by atoms with E-state index in [1.54, 1.807) is 0 Å². The van der Waals surface area contributed by atoms with Crippen LogP contribution in [0.2, 0.25) is 0 Å². The topological polar surface area (TPSA) is 46.2 Å². The molecule has 0 spiro atoms. The maximum atomic E-state index is 9.94. The third kappa shape index (κ3) is 2.45. The normalized spacial score (nSPS) is 20.9. The zero-order valence-electron chi connectivity index (χ0n) is 9.89. The molecule has 2 atom stereocenters. The first-order valence-corrected chi connectivity index (χ1v) is 6.22. The molecule has 1 aliphatic rings. The Kier molecular flexibility index (Phi) is 3.62. The summed E-state index contributed by atoms with van der Waals surface area (Å²) in [7, 11) is 0. The average molecular weight is 219 g/mol. The van der Waals surface area contributed by atoms with Crippen LogP contribution in [0, 0.1) is 0 Å². The van der Waals surface area contributed by atoms with Crippen molar-refractivity contribution < 1.29 is 5.11 Å². The molecule has 2 nitrogen and oxygen atoms in total. The Labute approximate surface area is 97.5 Å². The van der Waals surface area contributed by atoms with E-state index in [4.69, 9.17) is 5.73 Å². The van der Waals surface area contributed by atoms with E-state index in [0.29, 0.717) is 5.92 Å². The van der Waals surface area contributed by atoms with Gasteiger partial charge < -0.3 is 10.8 Å². The molecule has 0 aliphatic heterocycles. The Morgan fingerprint density at radius 2 is 2.00 bits per heavy atom. The second kappa shape index (κ2) is 4.98. The third-order valence-corrected chi connectivity index (χ3v) is 3.58. The zero-order chi connectivity index (χ0) is 11.5. The lowest BCUT2D eigenvalue weighted by atomic mass is 9.93. The maximum absolute atomic E-state index is 9.94. The van der Waals surface area contributed by atoms with Gasteiger partial charge in [-0.2, -0.15) is 0 Å². The van der Waals surface area contributed by atoms with Gasteiger partial charge in [0.05, 0.1) is 6.10 Å². The van der Waals surface area contributed by atoms with Gasteiger partial charge in [0, 0.05) is 6.04 Å². The van der Waals surface area contributed by atoms with E-state index in [0.717, 1.165) is 5.56 Å². The molecule has 1 aromatic rings. The van der Waals surface area contributed by atoms with Crippen molar-refractivity contribution >= 4 is 0 Å². The number of hydrogen-bond donors (Lipinski definition) is 2. The fraction of sp³-hybridized carbons (Fsp3) is 0.571. The van der Waals surface area contributed by atoms with Gasteiger partial charge in [0.25, 0.3) is 0 Å². The lowest BCUT2D eigenvalue weighted by Gasteiger charge is -2.17. The number of rotatable bonds is 3. The van der Waals surface area contributed by atoms with Gasteiger partial charge >= 0.3 is 0 Å². The largest absolute Gasteiger partial charge is 0.387 e. The van der Waals surface area contributed by atoms with Gasteiger partial charge in [-0.15, -0.1) is 0 Å². The summed E-state index contributed by atoms with van der Waals surface area (Å²) in [5, 5.41) is 9.94. The highest BCUT2D eigenvalue weighted by atomic mass is 16.3. The number of hydrogen-bond acceptors (Lipinski definition) is 2. The monoisotopic (exact) mass is 219 g/mol. The Balaban J connectivity index is 2.18. The summed E-state index contributed by atoms with van der Waals surface area (Å²) in [6.07, 6.45) is 4.71. The molecule has 0 saturated heterocycles. The number of nitrogens with two attached hydrogens (primary N) is 1. The molecule has 16 heavy (non-hydrogen) atoms. The third-order valence-electron chi connectivity index (χ3n) is 3.58. The molecule has 0 bridgehead atoms. The fourth-order valence-corrected chi connectivity index (χ4v) is 2.56. The summed E-state index contributed by atoms with van der Waals surface area (Å²) in [5.41, 5.74) is 8.05. The van der Waals surface area contributed by atoms with Crippen molar-refractivity contribution in [2.24, 2.45) is 5.73 Å². The van der Waals surface area contributed by atoms with Crippen molar-refractivity contribution in [2.75, 3.05) is 0 Å². The van der Waals surface area contributed by atoms with Crippen molar-refractivity contribution in [2.45, 2.75) is 50.7 Å². The molecule has 3 N–H and O–H groups in total. The molecule has 0 aromatic heterocycles. The average Bonchev–Trinajstić information content (AvgIpc) is 2.81. The van der Waals surface area contributed by atoms with Gasteiger partial charge in [0.15, 0.2) is 0 Å². The minimum atomic E-state index is -0.540. The summed E-state index contributed by atoms with van der Waals surface area (Å²) in [6.45, 7) is 1.84. The van der Waals surface area contributed by atoms with Crippen molar-refractivity contribution in [1.29, 1.82) is 0 Å². The van der Waals surface area contributed by atoms with Gasteiger partial charge in [-0.1, -0.05) is 37.1 Å². The Hall–Kier alpha value is -0.860. The van der Waals surface area contributed by atoms with E-state index in [1.165, 1.54) is 31.2 Å². The summed E-state index contributed by atoms with van der Waals surface area (Å²) >= 11 is 0. The van der Waals surface area contributed by atoms with Crippen LogP contribution < -0.4 is 5.73 Å². The molecule has 2 heteroatoms. The summed E-state index contributed by atoms with van der Waals surface area (Å²) in [5.74, 6) is 0.695. The van der Waals surface area contributed by atoms with E-state index >= 15 is 0 Å². The van der Waals surface area contributed by atoms with Crippen LogP contribution >= 0.6 is 0 Å². The lowest BCUT2D eigenvalue weighted by molar-refractivity contribution is 0.153. The highest BCUT2D eigenvalue weighted by Gasteiger charge is 2.19. The Bertz CT molecular complexity index is 325. The van der Waals surface area contributed by atoms with Crippen molar-refractivity contribution in [3.8, 4) is 0 Å². The molecule has 2 rings (SSSR count). The van der Waals surface area contributed by atoms with E-state index in [9.17, 15) is 5.11 Å². The summed E-state index contributed by atoms with van der Waals surface area (Å²) in [4.78, 5) is 0. The van der Waals surface area contributed by atoms with Crippen LogP contribution in [0.25, 0.3) is 0 Å². The zero-order valence-corrected chi connectivity index (χ0v) is 9.89. The van der Waals surface area contributed by atoms with Crippen molar-refractivity contribution in [1.82, 2.24) is 0 Å². The van der Waals surface area contributed by atoms with Crippen LogP contribution in [0.4, 0.5) is 0 Å². The predicted molar refractivity (Wildman–Crippen MR) is 66.3 cm³/mol. The van der Waals surface area contributed by atoms with E-state index in [2.05, 4.69) is 12.1 Å². The number of benzene rings is 1. The molecule has 1 fully saturated rings. The van der Waals surface area contributed by atoms with Crippen LogP contribution in [-0.2, 0) is 0 Å². The fourth-order valence-electron chi connectivity index (χ4n) is 2.56. The molecule has 1 aliphatic carbocycles. The molecule has 0 amide bonds. The molecule has 2 unspecified atom stereocenters. The molecular weight excluding hydrogens is 198 g/mol. The van der Waals surface area contributed by atoms with Gasteiger partial charge in [-0.25, -0.2) is 0 Å². The van der Waals surface area contributed by atoms with Gasteiger partial charge in [-0.3, -0.25) is 0 Å². The number of aliphatic hydroxyl groups is 1. The SMILES string of the molecule is CC(N)C(O)c1cccc(C2CCCC2)c1. The molecule has 1 saturated carbocycles. The molecule has 88 valence electrons. The predicted octanol–water partition coefficient (Wildman–Crippen LogP) is 2.72. The molecule has 0 radical (unpaired) electrons. The van der Waals surface area contributed by atoms with Crippen LogP contribution in [0.5, 0.6) is 0 Å². The molecule has 0 heterocycles. The van der Waals surface area contributed by atoms with E-state index in [-0.39, 0.29) is 6.04 Å². The van der Waals surface area contributed by atoms with Gasteiger partial charge in [0.2, 0.25) is 0 Å². The first-order valence-electron chi connectivity index (χ1n) is 6.22. The van der Waals surface area contributed by atoms with Crippen molar-refractivity contribution in [3.05, 3.63) is 35.4 Å². The summed E-state index contributed by atoms with van der Waals surface area (Å²) < 4.78 is 0. The van der Waals surface area contributed by atoms with Crippen LogP contribution in [-0.4, -0.2) is 11.1 Å². The molecular formula is C14H21NO. The quantitative estimate of drug-likeness (QED) is 0.821. The minimum absolute atomic E-state index is 0.209. The summed E-state index contributed by atoms with van der Waals surface area (Å²) in [6, 6.07) is 8.09. The first-order chi connectivity index (χ1) is 7.68. The van der Waals surface area contributed by atoms with Crippen LogP contribution in [0.1, 0.15) is 55.8 Å². The van der Waals surface area contributed by atoms with E-state index < -0.39 is 6.10 Å². The maximum Gasteiger partial charge on any atom is 0.0938 e. The first kappa shape index (κ1) is 11.6. The second-order valence-electron chi connectivity index (χ2n) is 4.96. The number of aliphatic hydroxyl groups excluding tert-OH is 1. The Morgan fingerprint density at radius 3 is 2.62 bits per heavy atom. The van der Waals surface area contributed by atoms with Crippen LogP contribution in [0.3, 0.4) is 0 Å². The standard InChI is InChI=1S/C14H21NO/c1-10(15)14(16)13-8-4-7-12(9-13)11-5-2-3-6-11/h4,7-11,14,16H,2-3,5-6,15H2,1H3. The highest BCUT2D eigenvalue weighted by Crippen LogP contribution is 2.34. The second-order valence-corrected chi connectivity index (χ2v) is 4.96. The van der Waals surface area contributed by atoms with Gasteiger partial charge in [0.1, 0.15) is 0 Å². The smallest absolute Gasteiger partial charge is 0.0938 e.